The summed E-state index contributed by atoms with van der Waals surface area (Å²) < 4.78 is -0.431. The van der Waals surface area contributed by atoms with Gasteiger partial charge < -0.3 is 0 Å². The highest BCUT2D eigenvalue weighted by atomic mass is 32.2. The summed E-state index contributed by atoms with van der Waals surface area (Å²) in [5, 5.41) is 0. The third-order valence-corrected chi connectivity index (χ3v) is 2.16. The molecule has 2 nitrogen and oxygen atoms in total. The van der Waals surface area contributed by atoms with Crippen LogP contribution < -0.4 is 0 Å². The van der Waals surface area contributed by atoms with Crippen molar-refractivity contribution in [2.45, 2.75) is 56.6 Å². The average molecular weight is 238 g/mol. The van der Waals surface area contributed by atoms with Gasteiger partial charge in [0.2, 0.25) is 0 Å². The fraction of sp³-hybridized carbons (Fsp3) is 1.00. The minimum absolute atomic E-state index is 0.431. The van der Waals surface area contributed by atoms with Crippen molar-refractivity contribution < 1.29 is 9.78 Å². The summed E-state index contributed by atoms with van der Waals surface area (Å²) >= 11 is 7.79. The summed E-state index contributed by atoms with van der Waals surface area (Å²) in [5.74, 6) is 0. The van der Waals surface area contributed by atoms with Gasteiger partial charge in [-0.05, 0) is 6.42 Å². The average Bonchev–Trinajstić information content (AvgIpc) is 2.15. The van der Waals surface area contributed by atoms with Crippen LogP contribution in [0, 0.1) is 0 Å². The van der Waals surface area contributed by atoms with E-state index in [2.05, 4.69) is 32.2 Å². The highest BCUT2D eigenvalue weighted by molar-refractivity contribution is 7.98. The van der Waals surface area contributed by atoms with Crippen molar-refractivity contribution in [3.63, 3.8) is 0 Å². The number of hydrogen-bond acceptors (Lipinski definition) is 4. The molecule has 0 radical (unpaired) electrons. The number of rotatable bonds is 10. The van der Waals surface area contributed by atoms with E-state index in [1.807, 2.05) is 0 Å². The quantitative estimate of drug-likeness (QED) is 0.198. The van der Waals surface area contributed by atoms with E-state index in [0.717, 1.165) is 6.42 Å². The maximum atomic E-state index is 4.87. The van der Waals surface area contributed by atoms with Gasteiger partial charge in [-0.2, -0.15) is 0 Å². The van der Waals surface area contributed by atoms with E-state index in [-0.39, 0.29) is 0 Å². The summed E-state index contributed by atoms with van der Waals surface area (Å²) in [7, 11) is 0. The second-order valence-electron chi connectivity index (χ2n) is 3.37. The monoisotopic (exact) mass is 238 g/mol. The van der Waals surface area contributed by atoms with Gasteiger partial charge in [-0.1, -0.05) is 45.4 Å². The molecule has 0 aliphatic heterocycles. The Morgan fingerprint density at radius 3 is 2.07 bits per heavy atom. The van der Waals surface area contributed by atoms with Crippen molar-refractivity contribution in [1.82, 2.24) is 0 Å². The first-order valence-electron chi connectivity index (χ1n) is 5.41. The standard InChI is InChI=1S/C10H22O2S2/c1-2-3-4-5-6-7-8-9-11-12-10(13)14/h10,13-14H,2-9H2,1H3. The van der Waals surface area contributed by atoms with Crippen LogP contribution in [0.1, 0.15) is 51.9 Å². The highest BCUT2D eigenvalue weighted by Gasteiger charge is 1.95. The first kappa shape index (κ1) is 14.6. The molecule has 0 aromatic carbocycles. The molecule has 0 unspecified atom stereocenters. The Labute approximate surface area is 98.5 Å². The lowest BCUT2D eigenvalue weighted by molar-refractivity contribution is -0.286. The summed E-state index contributed by atoms with van der Waals surface area (Å²) in [4.78, 5) is 9.59. The molecule has 0 bridgehead atoms. The van der Waals surface area contributed by atoms with Crippen molar-refractivity contribution in [1.29, 1.82) is 0 Å². The van der Waals surface area contributed by atoms with Gasteiger partial charge in [0.25, 0.3) is 0 Å². The Kier molecular flexibility index (Phi) is 12.2. The zero-order chi connectivity index (χ0) is 10.6. The molecule has 0 aromatic rings. The van der Waals surface area contributed by atoms with Crippen LogP contribution in [0.5, 0.6) is 0 Å². The van der Waals surface area contributed by atoms with Crippen molar-refractivity contribution in [3.8, 4) is 0 Å². The molecule has 0 aliphatic carbocycles. The maximum absolute atomic E-state index is 4.87. The molecule has 4 heteroatoms. The molecule has 86 valence electrons. The van der Waals surface area contributed by atoms with Crippen molar-refractivity contribution in [2.75, 3.05) is 6.61 Å². The fourth-order valence-corrected chi connectivity index (χ4v) is 1.35. The van der Waals surface area contributed by atoms with Gasteiger partial charge in [-0.3, -0.25) is 0 Å². The predicted octanol–water partition coefficient (Wildman–Crippen LogP) is 3.83. The topological polar surface area (TPSA) is 18.5 Å². The van der Waals surface area contributed by atoms with Crippen LogP contribution in [-0.4, -0.2) is 11.4 Å². The van der Waals surface area contributed by atoms with Crippen molar-refractivity contribution in [3.05, 3.63) is 0 Å². The summed E-state index contributed by atoms with van der Waals surface area (Å²) in [5.41, 5.74) is 0. The Hall–Kier alpha value is 0.620. The van der Waals surface area contributed by atoms with Gasteiger partial charge in [-0.25, -0.2) is 9.78 Å². The molecule has 0 amide bonds. The molecule has 0 rings (SSSR count). The Bertz CT molecular complexity index is 110. The largest absolute Gasteiger partial charge is 0.235 e. The SMILES string of the molecule is CCCCCCCCCOOC(S)S. The molecule has 0 atom stereocenters. The highest BCUT2D eigenvalue weighted by Crippen LogP contribution is 2.08. The lowest BCUT2D eigenvalue weighted by Gasteiger charge is -2.05. The van der Waals surface area contributed by atoms with Crippen LogP contribution in [0.15, 0.2) is 0 Å². The third kappa shape index (κ3) is 12.6. The van der Waals surface area contributed by atoms with Gasteiger partial charge in [0.15, 0.2) is 4.77 Å². The summed E-state index contributed by atoms with van der Waals surface area (Å²) in [6, 6.07) is 0. The molecule has 0 spiro atoms. The van der Waals surface area contributed by atoms with E-state index in [9.17, 15) is 0 Å². The van der Waals surface area contributed by atoms with E-state index < -0.39 is 4.77 Å². The van der Waals surface area contributed by atoms with Gasteiger partial charge >= 0.3 is 0 Å². The number of thiol groups is 2. The van der Waals surface area contributed by atoms with Gasteiger partial charge in [-0.15, -0.1) is 25.3 Å². The molecule has 14 heavy (non-hydrogen) atoms. The molecule has 0 aliphatic rings. The summed E-state index contributed by atoms with van der Waals surface area (Å²) in [6.07, 6.45) is 8.95. The zero-order valence-corrected chi connectivity index (χ0v) is 10.7. The normalized spacial score (nSPS) is 11.1. The van der Waals surface area contributed by atoms with Crippen LogP contribution in [0.4, 0.5) is 0 Å². The Balaban J connectivity index is 2.85. The van der Waals surface area contributed by atoms with Gasteiger partial charge in [0, 0.05) is 0 Å². The molecular formula is C10H22O2S2. The lowest BCUT2D eigenvalue weighted by Crippen LogP contribution is -2.00. The van der Waals surface area contributed by atoms with Gasteiger partial charge in [0.05, 0.1) is 6.61 Å². The Morgan fingerprint density at radius 1 is 0.929 bits per heavy atom. The molecule has 0 aromatic heterocycles. The van der Waals surface area contributed by atoms with Crippen LogP contribution in [0.3, 0.4) is 0 Å². The number of unbranched alkanes of at least 4 members (excludes halogenated alkanes) is 6. The molecule has 0 N–H and O–H groups in total. The molecular weight excluding hydrogens is 216 g/mol. The molecule has 0 saturated heterocycles. The van der Waals surface area contributed by atoms with Crippen molar-refractivity contribution in [2.24, 2.45) is 0 Å². The molecule has 0 saturated carbocycles. The number of hydrogen-bond donors (Lipinski definition) is 2. The Morgan fingerprint density at radius 2 is 1.50 bits per heavy atom. The van der Waals surface area contributed by atoms with Crippen molar-refractivity contribution >= 4 is 25.3 Å². The third-order valence-electron chi connectivity index (χ3n) is 1.99. The zero-order valence-electron chi connectivity index (χ0n) is 8.95. The van der Waals surface area contributed by atoms with E-state index in [1.165, 1.54) is 38.5 Å². The lowest BCUT2D eigenvalue weighted by atomic mass is 10.1. The van der Waals surface area contributed by atoms with E-state index in [1.54, 1.807) is 0 Å². The van der Waals surface area contributed by atoms with E-state index in [0.29, 0.717) is 6.61 Å². The van der Waals surface area contributed by atoms with E-state index in [4.69, 9.17) is 9.78 Å². The molecule has 0 heterocycles. The fourth-order valence-electron chi connectivity index (χ4n) is 1.23. The first-order chi connectivity index (χ1) is 6.77. The second kappa shape index (κ2) is 11.7. The van der Waals surface area contributed by atoms with Crippen LogP contribution >= 0.6 is 25.3 Å². The van der Waals surface area contributed by atoms with Crippen LogP contribution in [-0.2, 0) is 9.78 Å². The minimum atomic E-state index is -0.431. The maximum Gasteiger partial charge on any atom is 0.179 e. The van der Waals surface area contributed by atoms with Gasteiger partial charge in [0.1, 0.15) is 0 Å². The summed E-state index contributed by atoms with van der Waals surface area (Å²) in [6.45, 7) is 2.88. The van der Waals surface area contributed by atoms with Crippen LogP contribution in [0.25, 0.3) is 0 Å². The smallest absolute Gasteiger partial charge is 0.179 e. The second-order valence-corrected chi connectivity index (χ2v) is 4.71. The first-order valence-corrected chi connectivity index (χ1v) is 6.45. The predicted molar refractivity (Wildman–Crippen MR) is 66.8 cm³/mol. The minimum Gasteiger partial charge on any atom is -0.235 e. The van der Waals surface area contributed by atoms with E-state index >= 15 is 0 Å². The van der Waals surface area contributed by atoms with Crippen LogP contribution in [0.2, 0.25) is 0 Å². The molecule has 0 fully saturated rings.